The molecule has 2 aliphatic rings. The van der Waals surface area contributed by atoms with Crippen LogP contribution in [-0.2, 0) is 4.79 Å². The number of anilines is 1. The van der Waals surface area contributed by atoms with Crippen LogP contribution < -0.4 is 10.2 Å². The highest BCUT2D eigenvalue weighted by Crippen LogP contribution is 2.38. The fourth-order valence-corrected chi connectivity index (χ4v) is 4.40. The molecule has 1 fully saturated rings. The molecule has 1 saturated heterocycles. The Morgan fingerprint density at radius 1 is 1.37 bits per heavy atom. The van der Waals surface area contributed by atoms with Gasteiger partial charge in [-0.1, -0.05) is 18.2 Å². The summed E-state index contributed by atoms with van der Waals surface area (Å²) < 4.78 is 0. The van der Waals surface area contributed by atoms with Gasteiger partial charge < -0.3 is 15.1 Å². The minimum atomic E-state index is 0.321. The van der Waals surface area contributed by atoms with E-state index in [4.69, 9.17) is 4.99 Å². The third-order valence-corrected chi connectivity index (χ3v) is 6.04. The summed E-state index contributed by atoms with van der Waals surface area (Å²) in [5, 5.41) is 3.47. The number of carbonyl (C=O) groups excluding carboxylic acids is 1. The second-order valence-electron chi connectivity index (χ2n) is 7.22. The molecule has 2 heterocycles. The maximum atomic E-state index is 11.9. The van der Waals surface area contributed by atoms with Gasteiger partial charge in [-0.05, 0) is 49.8 Å². The van der Waals surface area contributed by atoms with E-state index in [1.54, 1.807) is 0 Å². The highest BCUT2D eigenvalue weighted by atomic mass is 32.2. The molecule has 0 bridgehead atoms. The van der Waals surface area contributed by atoms with Gasteiger partial charge in [-0.2, -0.15) is 11.8 Å². The summed E-state index contributed by atoms with van der Waals surface area (Å²) in [5.41, 5.74) is 2.65. The van der Waals surface area contributed by atoms with E-state index in [0.29, 0.717) is 11.8 Å². The molecule has 0 aliphatic carbocycles. The van der Waals surface area contributed by atoms with E-state index >= 15 is 0 Å². The van der Waals surface area contributed by atoms with Crippen LogP contribution in [0, 0.1) is 0 Å². The van der Waals surface area contributed by atoms with Crippen molar-refractivity contribution in [1.82, 2.24) is 10.2 Å². The van der Waals surface area contributed by atoms with E-state index in [0.717, 1.165) is 70.1 Å². The van der Waals surface area contributed by atoms with Crippen LogP contribution in [0.1, 0.15) is 44.1 Å². The number of thioether (sulfide) groups is 1. The number of carbonyl (C=O) groups is 1. The number of hydrogen-bond donors (Lipinski definition) is 1. The van der Waals surface area contributed by atoms with Crippen LogP contribution in [0.15, 0.2) is 29.3 Å². The molecule has 0 aromatic heterocycles. The predicted octanol–water partition coefficient (Wildman–Crippen LogP) is 3.32. The number of guanidine groups is 1. The number of benzene rings is 1. The molecule has 1 atom stereocenters. The molecule has 1 N–H and O–H groups in total. The number of amides is 1. The molecule has 6 heteroatoms. The van der Waals surface area contributed by atoms with Gasteiger partial charge in [0.2, 0.25) is 5.91 Å². The largest absolute Gasteiger partial charge is 0.356 e. The van der Waals surface area contributed by atoms with E-state index in [-0.39, 0.29) is 0 Å². The van der Waals surface area contributed by atoms with Gasteiger partial charge in [0.1, 0.15) is 0 Å². The van der Waals surface area contributed by atoms with Crippen molar-refractivity contribution < 1.29 is 4.79 Å². The lowest BCUT2D eigenvalue weighted by Crippen LogP contribution is -2.41. The topological polar surface area (TPSA) is 47.9 Å². The summed E-state index contributed by atoms with van der Waals surface area (Å²) in [7, 11) is 0. The third-order valence-electron chi connectivity index (χ3n) is 5.35. The summed E-state index contributed by atoms with van der Waals surface area (Å²) >= 11 is 1.87. The minimum absolute atomic E-state index is 0.321. The van der Waals surface area contributed by atoms with Gasteiger partial charge in [-0.15, -0.1) is 0 Å². The molecule has 27 heavy (non-hydrogen) atoms. The average molecular weight is 389 g/mol. The molecule has 1 amide bonds. The van der Waals surface area contributed by atoms with Crippen molar-refractivity contribution in [2.45, 2.75) is 38.5 Å². The van der Waals surface area contributed by atoms with Crippen molar-refractivity contribution in [2.24, 2.45) is 4.99 Å². The standard InChI is InChI=1S/C21H32N4OS/c1-3-22-21(23-12-7-15-27-2)25-16-17(18-8-4-5-9-19(18)25)11-14-24-13-6-10-20(24)26/h4-5,8-9,17H,3,6-7,10-16H2,1-2H3,(H,22,23). The maximum absolute atomic E-state index is 11.9. The van der Waals surface area contributed by atoms with Gasteiger partial charge in [-0.3, -0.25) is 9.79 Å². The van der Waals surface area contributed by atoms with Crippen LogP contribution in [-0.4, -0.2) is 61.5 Å². The molecule has 1 unspecified atom stereocenters. The van der Waals surface area contributed by atoms with E-state index in [2.05, 4.69) is 47.7 Å². The van der Waals surface area contributed by atoms with Crippen molar-refractivity contribution in [3.63, 3.8) is 0 Å². The number of nitrogens with zero attached hydrogens (tertiary/aromatic N) is 3. The van der Waals surface area contributed by atoms with E-state index < -0.39 is 0 Å². The monoisotopic (exact) mass is 388 g/mol. The molecule has 2 aliphatic heterocycles. The Hall–Kier alpha value is -1.69. The Bertz CT molecular complexity index is 663. The number of para-hydroxylation sites is 1. The lowest BCUT2D eigenvalue weighted by Gasteiger charge is -2.23. The quantitative estimate of drug-likeness (QED) is 0.422. The zero-order valence-electron chi connectivity index (χ0n) is 16.6. The summed E-state index contributed by atoms with van der Waals surface area (Å²) in [6.07, 6.45) is 6.00. The number of likely N-dealkylation sites (tertiary alicyclic amines) is 1. The Morgan fingerprint density at radius 3 is 2.96 bits per heavy atom. The Morgan fingerprint density at radius 2 is 2.22 bits per heavy atom. The van der Waals surface area contributed by atoms with Crippen LogP contribution >= 0.6 is 11.8 Å². The van der Waals surface area contributed by atoms with Crippen molar-refractivity contribution in [3.05, 3.63) is 29.8 Å². The molecule has 148 valence electrons. The predicted molar refractivity (Wildman–Crippen MR) is 116 cm³/mol. The lowest BCUT2D eigenvalue weighted by atomic mass is 9.98. The molecule has 5 nitrogen and oxygen atoms in total. The SMILES string of the molecule is CCNC(=NCCCSC)N1CC(CCN2CCCC2=O)c2ccccc21. The Balaban J connectivity index is 1.71. The van der Waals surface area contributed by atoms with Crippen molar-refractivity contribution in [1.29, 1.82) is 0 Å². The zero-order valence-corrected chi connectivity index (χ0v) is 17.4. The summed E-state index contributed by atoms with van der Waals surface area (Å²) in [6.45, 7) is 6.58. The minimum Gasteiger partial charge on any atom is -0.356 e. The number of nitrogens with one attached hydrogen (secondary N) is 1. The second-order valence-corrected chi connectivity index (χ2v) is 8.21. The molecule has 0 spiro atoms. The van der Waals surface area contributed by atoms with Crippen LogP contribution in [0.25, 0.3) is 0 Å². The fraction of sp³-hybridized carbons (Fsp3) is 0.619. The molecular formula is C21H32N4OS. The first-order valence-corrected chi connectivity index (χ1v) is 11.6. The van der Waals surface area contributed by atoms with Gasteiger partial charge >= 0.3 is 0 Å². The van der Waals surface area contributed by atoms with Gasteiger partial charge in [-0.25, -0.2) is 0 Å². The highest BCUT2D eigenvalue weighted by Gasteiger charge is 2.32. The maximum Gasteiger partial charge on any atom is 0.222 e. The smallest absolute Gasteiger partial charge is 0.222 e. The summed E-state index contributed by atoms with van der Waals surface area (Å²) in [4.78, 5) is 21.2. The lowest BCUT2D eigenvalue weighted by molar-refractivity contribution is -0.127. The van der Waals surface area contributed by atoms with Crippen LogP contribution in [0.5, 0.6) is 0 Å². The normalized spacial score (nSPS) is 19.7. The first-order chi connectivity index (χ1) is 13.2. The van der Waals surface area contributed by atoms with Gasteiger partial charge in [0, 0.05) is 50.7 Å². The van der Waals surface area contributed by atoms with Gasteiger partial charge in [0.25, 0.3) is 0 Å². The number of hydrogen-bond acceptors (Lipinski definition) is 3. The van der Waals surface area contributed by atoms with E-state index in [1.165, 1.54) is 11.3 Å². The summed E-state index contributed by atoms with van der Waals surface area (Å²) in [5.74, 6) is 2.91. The summed E-state index contributed by atoms with van der Waals surface area (Å²) in [6, 6.07) is 8.67. The number of rotatable bonds is 8. The van der Waals surface area contributed by atoms with Crippen molar-refractivity contribution in [2.75, 3.05) is 49.6 Å². The van der Waals surface area contributed by atoms with E-state index in [9.17, 15) is 4.79 Å². The van der Waals surface area contributed by atoms with Crippen LogP contribution in [0.4, 0.5) is 5.69 Å². The molecule has 0 radical (unpaired) electrons. The molecule has 1 aromatic rings. The number of aliphatic imine (C=N–C) groups is 1. The molecule has 1 aromatic carbocycles. The second kappa shape index (κ2) is 10.0. The Labute approximate surface area is 167 Å². The van der Waals surface area contributed by atoms with Gasteiger partial charge in [0.15, 0.2) is 5.96 Å². The first kappa shape index (κ1) is 20.1. The third kappa shape index (κ3) is 4.98. The van der Waals surface area contributed by atoms with Crippen molar-refractivity contribution >= 4 is 29.3 Å². The van der Waals surface area contributed by atoms with Crippen molar-refractivity contribution in [3.8, 4) is 0 Å². The molecule has 3 rings (SSSR count). The average Bonchev–Trinajstić information content (AvgIpc) is 3.26. The fourth-order valence-electron chi connectivity index (χ4n) is 3.98. The Kier molecular flexibility index (Phi) is 7.44. The first-order valence-electron chi connectivity index (χ1n) is 10.2. The van der Waals surface area contributed by atoms with Crippen LogP contribution in [0.3, 0.4) is 0 Å². The molecule has 0 saturated carbocycles. The number of fused-ring (bicyclic) bond motifs is 1. The van der Waals surface area contributed by atoms with Gasteiger partial charge in [0.05, 0.1) is 0 Å². The highest BCUT2D eigenvalue weighted by molar-refractivity contribution is 7.98. The van der Waals surface area contributed by atoms with Crippen LogP contribution in [0.2, 0.25) is 0 Å². The molecular weight excluding hydrogens is 356 g/mol. The zero-order chi connectivity index (χ0) is 19.1. The van der Waals surface area contributed by atoms with E-state index in [1.807, 2.05) is 16.7 Å².